The molecule has 1 unspecified atom stereocenters. The zero-order chi connectivity index (χ0) is 11.4. The number of ether oxygens (including phenoxy) is 1. The highest BCUT2D eigenvalue weighted by Gasteiger charge is 2.19. The predicted molar refractivity (Wildman–Crippen MR) is 63.7 cm³/mol. The molecular weight excluding hydrogens is 200 g/mol. The van der Waals surface area contributed by atoms with Gasteiger partial charge in [-0.2, -0.15) is 0 Å². The lowest BCUT2D eigenvalue weighted by Gasteiger charge is -2.20. The standard InChI is InChI=1S/C14H18O2/c1-16-14-7-5-11(6-8-14)9-12-3-2-4-13(15)10-12/h5-8,12H,2-4,9-10H2,1H3. The van der Waals surface area contributed by atoms with E-state index in [1.165, 1.54) is 12.0 Å². The van der Waals surface area contributed by atoms with Gasteiger partial charge in [0.2, 0.25) is 0 Å². The molecule has 1 aromatic carbocycles. The molecule has 2 nitrogen and oxygen atoms in total. The van der Waals surface area contributed by atoms with E-state index in [0.29, 0.717) is 11.7 Å². The monoisotopic (exact) mass is 218 g/mol. The van der Waals surface area contributed by atoms with Crippen LogP contribution in [0.4, 0.5) is 0 Å². The summed E-state index contributed by atoms with van der Waals surface area (Å²) in [5.74, 6) is 1.88. The van der Waals surface area contributed by atoms with Gasteiger partial charge in [0.25, 0.3) is 0 Å². The summed E-state index contributed by atoms with van der Waals surface area (Å²) < 4.78 is 5.12. The molecule has 0 aliphatic heterocycles. The normalized spacial score (nSPS) is 20.8. The Morgan fingerprint density at radius 1 is 1.31 bits per heavy atom. The molecule has 1 aromatic rings. The van der Waals surface area contributed by atoms with Crippen molar-refractivity contribution in [1.82, 2.24) is 0 Å². The average Bonchev–Trinajstić information content (AvgIpc) is 2.30. The second-order valence-electron chi connectivity index (χ2n) is 4.55. The number of hydrogen-bond acceptors (Lipinski definition) is 2. The fourth-order valence-corrected chi connectivity index (χ4v) is 2.38. The van der Waals surface area contributed by atoms with Crippen molar-refractivity contribution in [2.75, 3.05) is 7.11 Å². The molecule has 2 rings (SSSR count). The van der Waals surface area contributed by atoms with Crippen LogP contribution in [0.15, 0.2) is 24.3 Å². The van der Waals surface area contributed by atoms with E-state index >= 15 is 0 Å². The maximum absolute atomic E-state index is 11.3. The van der Waals surface area contributed by atoms with Crippen molar-refractivity contribution >= 4 is 5.78 Å². The van der Waals surface area contributed by atoms with Crippen molar-refractivity contribution < 1.29 is 9.53 Å². The van der Waals surface area contributed by atoms with Crippen molar-refractivity contribution in [1.29, 1.82) is 0 Å². The highest BCUT2D eigenvalue weighted by molar-refractivity contribution is 5.79. The van der Waals surface area contributed by atoms with E-state index in [1.54, 1.807) is 7.11 Å². The van der Waals surface area contributed by atoms with Gasteiger partial charge in [-0.15, -0.1) is 0 Å². The number of benzene rings is 1. The van der Waals surface area contributed by atoms with Crippen LogP contribution >= 0.6 is 0 Å². The molecule has 16 heavy (non-hydrogen) atoms. The Hall–Kier alpha value is -1.31. The molecule has 86 valence electrons. The highest BCUT2D eigenvalue weighted by Crippen LogP contribution is 2.25. The molecule has 2 heteroatoms. The van der Waals surface area contributed by atoms with Crippen LogP contribution in [0.2, 0.25) is 0 Å². The molecule has 0 heterocycles. The summed E-state index contributed by atoms with van der Waals surface area (Å²) in [6.45, 7) is 0. The maximum Gasteiger partial charge on any atom is 0.133 e. The molecule has 0 bridgehead atoms. The van der Waals surface area contributed by atoms with E-state index < -0.39 is 0 Å². The highest BCUT2D eigenvalue weighted by atomic mass is 16.5. The van der Waals surface area contributed by atoms with Gasteiger partial charge >= 0.3 is 0 Å². The van der Waals surface area contributed by atoms with Gasteiger partial charge in [-0.25, -0.2) is 0 Å². The molecule has 1 aliphatic carbocycles. The first-order chi connectivity index (χ1) is 7.78. The molecule has 0 spiro atoms. The number of methoxy groups -OCH3 is 1. The molecule has 1 fully saturated rings. The number of hydrogen-bond donors (Lipinski definition) is 0. The van der Waals surface area contributed by atoms with E-state index in [-0.39, 0.29) is 0 Å². The van der Waals surface area contributed by atoms with Gasteiger partial charge in [0.05, 0.1) is 7.11 Å². The van der Waals surface area contributed by atoms with Gasteiger partial charge in [-0.3, -0.25) is 4.79 Å². The van der Waals surface area contributed by atoms with Crippen LogP contribution in [-0.2, 0) is 11.2 Å². The molecule has 1 saturated carbocycles. The number of ketones is 1. The lowest BCUT2D eigenvalue weighted by atomic mass is 9.84. The van der Waals surface area contributed by atoms with Gasteiger partial charge in [0, 0.05) is 12.8 Å². The molecule has 0 N–H and O–H groups in total. The van der Waals surface area contributed by atoms with Crippen molar-refractivity contribution in [2.24, 2.45) is 5.92 Å². The molecule has 0 aromatic heterocycles. The minimum absolute atomic E-state index is 0.435. The molecule has 0 saturated heterocycles. The lowest BCUT2D eigenvalue weighted by molar-refractivity contribution is -0.121. The summed E-state index contributed by atoms with van der Waals surface area (Å²) in [6, 6.07) is 8.16. The van der Waals surface area contributed by atoms with Crippen LogP contribution < -0.4 is 4.74 Å². The number of carbonyl (C=O) groups is 1. The van der Waals surface area contributed by atoms with Crippen LogP contribution in [0.5, 0.6) is 5.75 Å². The number of carbonyl (C=O) groups excluding carboxylic acids is 1. The third-order valence-electron chi connectivity index (χ3n) is 3.27. The van der Waals surface area contributed by atoms with Gasteiger partial charge in [-0.1, -0.05) is 12.1 Å². The van der Waals surface area contributed by atoms with E-state index in [4.69, 9.17) is 4.74 Å². The first-order valence-corrected chi connectivity index (χ1v) is 5.92. The molecule has 0 radical (unpaired) electrons. The Balaban J connectivity index is 1.94. The Kier molecular flexibility index (Phi) is 3.60. The third kappa shape index (κ3) is 2.84. The van der Waals surface area contributed by atoms with Crippen molar-refractivity contribution in [3.8, 4) is 5.75 Å². The quantitative estimate of drug-likeness (QED) is 0.779. The van der Waals surface area contributed by atoms with Gasteiger partial charge in [0.15, 0.2) is 0 Å². The lowest BCUT2D eigenvalue weighted by Crippen LogP contribution is -2.16. The van der Waals surface area contributed by atoms with Crippen LogP contribution in [0.1, 0.15) is 31.2 Å². The van der Waals surface area contributed by atoms with Crippen LogP contribution in [-0.4, -0.2) is 12.9 Å². The van der Waals surface area contributed by atoms with Crippen molar-refractivity contribution in [3.05, 3.63) is 29.8 Å². The molecule has 0 amide bonds. The molecule has 1 aliphatic rings. The van der Waals surface area contributed by atoms with Crippen LogP contribution in [0, 0.1) is 5.92 Å². The number of Topliss-reactive ketones (excluding diaryl/α,β-unsaturated/α-hetero) is 1. The summed E-state index contributed by atoms with van der Waals surface area (Å²) in [4.78, 5) is 11.3. The van der Waals surface area contributed by atoms with E-state index in [2.05, 4.69) is 12.1 Å². The summed E-state index contributed by atoms with van der Waals surface area (Å²) >= 11 is 0. The van der Waals surface area contributed by atoms with E-state index in [1.807, 2.05) is 12.1 Å². The predicted octanol–water partition coefficient (Wildman–Crippen LogP) is 3.00. The second kappa shape index (κ2) is 5.15. The zero-order valence-electron chi connectivity index (χ0n) is 9.74. The summed E-state index contributed by atoms with van der Waals surface area (Å²) in [6.07, 6.45) is 4.85. The second-order valence-corrected chi connectivity index (χ2v) is 4.55. The van der Waals surface area contributed by atoms with Gasteiger partial charge < -0.3 is 4.74 Å². The first kappa shape index (κ1) is 11.2. The van der Waals surface area contributed by atoms with E-state index in [9.17, 15) is 4.79 Å². The SMILES string of the molecule is COc1ccc(CC2CCCC(=O)C2)cc1. The fourth-order valence-electron chi connectivity index (χ4n) is 2.38. The first-order valence-electron chi connectivity index (χ1n) is 5.92. The van der Waals surface area contributed by atoms with E-state index in [0.717, 1.165) is 31.4 Å². The molecule has 1 atom stereocenters. The van der Waals surface area contributed by atoms with Gasteiger partial charge in [-0.05, 0) is 42.9 Å². The Labute approximate surface area is 96.6 Å². The molecular formula is C14H18O2. The maximum atomic E-state index is 11.3. The smallest absolute Gasteiger partial charge is 0.133 e. The summed E-state index contributed by atoms with van der Waals surface area (Å²) in [5.41, 5.74) is 1.31. The number of rotatable bonds is 3. The largest absolute Gasteiger partial charge is 0.497 e. The Morgan fingerprint density at radius 2 is 2.06 bits per heavy atom. The third-order valence-corrected chi connectivity index (χ3v) is 3.27. The minimum atomic E-state index is 0.435. The zero-order valence-corrected chi connectivity index (χ0v) is 9.74. The van der Waals surface area contributed by atoms with Crippen molar-refractivity contribution in [2.45, 2.75) is 32.1 Å². The van der Waals surface area contributed by atoms with Gasteiger partial charge in [0.1, 0.15) is 11.5 Å². The van der Waals surface area contributed by atoms with Crippen LogP contribution in [0.3, 0.4) is 0 Å². The Morgan fingerprint density at radius 3 is 2.69 bits per heavy atom. The topological polar surface area (TPSA) is 26.3 Å². The van der Waals surface area contributed by atoms with Crippen LogP contribution in [0.25, 0.3) is 0 Å². The summed E-state index contributed by atoms with van der Waals surface area (Å²) in [7, 11) is 1.68. The Bertz CT molecular complexity index is 354. The fraction of sp³-hybridized carbons (Fsp3) is 0.500. The van der Waals surface area contributed by atoms with Crippen molar-refractivity contribution in [3.63, 3.8) is 0 Å². The average molecular weight is 218 g/mol. The minimum Gasteiger partial charge on any atom is -0.497 e. The summed E-state index contributed by atoms with van der Waals surface area (Å²) in [5, 5.41) is 0.